The molecule has 2 rings (SSSR count). The van der Waals surface area contributed by atoms with Gasteiger partial charge in [0.25, 0.3) is 5.91 Å². The van der Waals surface area contributed by atoms with Crippen molar-refractivity contribution in [2.24, 2.45) is 0 Å². The number of urea groups is 1. The first-order valence-electron chi connectivity index (χ1n) is 5.86. The van der Waals surface area contributed by atoms with Crippen molar-refractivity contribution in [3.63, 3.8) is 0 Å². The van der Waals surface area contributed by atoms with Crippen molar-refractivity contribution in [3.8, 4) is 6.07 Å². The number of rotatable bonds is 3. The Morgan fingerprint density at radius 1 is 1.55 bits per heavy atom. The molecule has 5 nitrogen and oxygen atoms in total. The summed E-state index contributed by atoms with van der Waals surface area (Å²) in [6.45, 7) is 5.37. The normalized spacial score (nSPS) is 21.6. The lowest BCUT2D eigenvalue weighted by Gasteiger charge is -2.22. The van der Waals surface area contributed by atoms with Crippen LogP contribution in [0.15, 0.2) is 35.3 Å². The topological polar surface area (TPSA) is 73.2 Å². The third kappa shape index (κ3) is 2.32. The van der Waals surface area contributed by atoms with E-state index in [-0.39, 0.29) is 12.5 Å². The molecule has 3 amide bonds. The molecule has 0 saturated carbocycles. The van der Waals surface area contributed by atoms with E-state index in [2.05, 4.69) is 27.8 Å². The molecule has 1 aliphatic rings. The van der Waals surface area contributed by atoms with Crippen molar-refractivity contribution in [3.05, 3.63) is 46.5 Å². The van der Waals surface area contributed by atoms with Crippen LogP contribution in [0.1, 0.15) is 18.1 Å². The molecule has 1 atom stereocenters. The van der Waals surface area contributed by atoms with E-state index >= 15 is 0 Å². The first kappa shape index (κ1) is 14.3. The molecular formula is C14H12BrN3O2. The number of nitrogens with zero attached hydrogens (tertiary/aromatic N) is 2. The molecule has 20 heavy (non-hydrogen) atoms. The van der Waals surface area contributed by atoms with E-state index in [9.17, 15) is 9.59 Å². The Morgan fingerprint density at radius 2 is 2.25 bits per heavy atom. The van der Waals surface area contributed by atoms with E-state index in [1.165, 1.54) is 0 Å². The summed E-state index contributed by atoms with van der Waals surface area (Å²) in [6.07, 6.45) is 0. The van der Waals surface area contributed by atoms with Crippen LogP contribution in [-0.2, 0) is 10.3 Å². The highest BCUT2D eigenvalue weighted by Crippen LogP contribution is 2.29. The van der Waals surface area contributed by atoms with Gasteiger partial charge in [0.05, 0.1) is 18.2 Å². The molecule has 1 aliphatic heterocycles. The highest BCUT2D eigenvalue weighted by Gasteiger charge is 2.48. The van der Waals surface area contributed by atoms with Gasteiger partial charge in [-0.1, -0.05) is 34.6 Å². The molecule has 0 bridgehead atoms. The molecule has 1 N–H and O–H groups in total. The zero-order valence-electron chi connectivity index (χ0n) is 10.8. The van der Waals surface area contributed by atoms with Crippen LogP contribution < -0.4 is 5.32 Å². The fourth-order valence-electron chi connectivity index (χ4n) is 2.11. The Balaban J connectivity index is 2.41. The highest BCUT2D eigenvalue weighted by atomic mass is 79.9. The summed E-state index contributed by atoms with van der Waals surface area (Å²) >= 11 is 3.14. The number of imide groups is 1. The largest absolute Gasteiger partial charge is 0.325 e. The fraction of sp³-hybridized carbons (Fsp3) is 0.214. The second kappa shape index (κ2) is 5.10. The van der Waals surface area contributed by atoms with Crippen molar-refractivity contribution >= 4 is 27.9 Å². The van der Waals surface area contributed by atoms with E-state index < -0.39 is 11.6 Å². The lowest BCUT2D eigenvalue weighted by atomic mass is 9.91. The molecule has 0 aliphatic carbocycles. The maximum absolute atomic E-state index is 12.5. The molecule has 1 aromatic carbocycles. The van der Waals surface area contributed by atoms with Crippen molar-refractivity contribution in [2.75, 3.05) is 6.54 Å². The molecule has 1 aromatic rings. The molecule has 1 saturated heterocycles. The molecule has 1 heterocycles. The maximum Gasteiger partial charge on any atom is 0.325 e. The monoisotopic (exact) mass is 333 g/mol. The summed E-state index contributed by atoms with van der Waals surface area (Å²) in [5.41, 5.74) is -0.140. The van der Waals surface area contributed by atoms with Crippen molar-refractivity contribution < 1.29 is 9.59 Å². The predicted molar refractivity (Wildman–Crippen MR) is 76.8 cm³/mol. The molecule has 0 aromatic heterocycles. The standard InChI is InChI=1S/C14H12BrN3O2/c1-9(15)8-18-12(19)14(2,17-13(18)20)11-5-3-4-10(6-11)7-16/h3-6H,1,8H2,2H3,(H,17,20). The summed E-state index contributed by atoms with van der Waals surface area (Å²) in [4.78, 5) is 25.5. The zero-order valence-corrected chi connectivity index (χ0v) is 12.4. The number of nitrogens with one attached hydrogen (secondary N) is 1. The Hall–Kier alpha value is -2.13. The van der Waals surface area contributed by atoms with Gasteiger partial charge in [-0.25, -0.2) is 4.79 Å². The van der Waals surface area contributed by atoms with Crippen LogP contribution in [0.4, 0.5) is 4.79 Å². The Kier molecular flexibility index (Phi) is 3.64. The van der Waals surface area contributed by atoms with Gasteiger partial charge in [-0.2, -0.15) is 5.26 Å². The smallest absolute Gasteiger partial charge is 0.319 e. The summed E-state index contributed by atoms with van der Waals surface area (Å²) < 4.78 is 0.538. The summed E-state index contributed by atoms with van der Waals surface area (Å²) in [5.74, 6) is -0.363. The first-order valence-corrected chi connectivity index (χ1v) is 6.66. The van der Waals surface area contributed by atoms with Crippen LogP contribution in [-0.4, -0.2) is 23.4 Å². The lowest BCUT2D eigenvalue weighted by Crippen LogP contribution is -2.41. The number of hydrogen-bond donors (Lipinski definition) is 1. The average Bonchev–Trinajstić information content (AvgIpc) is 2.63. The number of nitriles is 1. The van der Waals surface area contributed by atoms with Gasteiger partial charge in [-0.3, -0.25) is 9.69 Å². The molecule has 1 unspecified atom stereocenters. The van der Waals surface area contributed by atoms with Crippen LogP contribution in [0.25, 0.3) is 0 Å². The lowest BCUT2D eigenvalue weighted by molar-refractivity contribution is -0.130. The van der Waals surface area contributed by atoms with E-state index in [0.717, 1.165) is 4.90 Å². The van der Waals surface area contributed by atoms with Crippen LogP contribution in [0.5, 0.6) is 0 Å². The number of halogens is 1. The number of hydrogen-bond acceptors (Lipinski definition) is 3. The Bertz CT molecular complexity index is 650. The summed E-state index contributed by atoms with van der Waals surface area (Å²) in [7, 11) is 0. The fourth-order valence-corrected chi connectivity index (χ4v) is 2.36. The summed E-state index contributed by atoms with van der Waals surface area (Å²) in [6, 6.07) is 8.19. The quantitative estimate of drug-likeness (QED) is 0.862. The van der Waals surface area contributed by atoms with Crippen LogP contribution in [0.3, 0.4) is 0 Å². The number of carbonyl (C=O) groups excluding carboxylic acids is 2. The van der Waals surface area contributed by atoms with Gasteiger partial charge >= 0.3 is 6.03 Å². The Morgan fingerprint density at radius 3 is 2.85 bits per heavy atom. The second-order valence-electron chi connectivity index (χ2n) is 4.66. The van der Waals surface area contributed by atoms with Gasteiger partial charge < -0.3 is 5.32 Å². The molecule has 0 radical (unpaired) electrons. The molecular weight excluding hydrogens is 322 g/mol. The SMILES string of the molecule is C=C(Br)CN1C(=O)NC(C)(c2cccc(C#N)c2)C1=O. The third-order valence-corrected chi connectivity index (χ3v) is 3.42. The van der Waals surface area contributed by atoms with Crippen molar-refractivity contribution in [1.82, 2.24) is 10.2 Å². The van der Waals surface area contributed by atoms with Gasteiger partial charge in [0.1, 0.15) is 5.54 Å². The molecule has 102 valence electrons. The van der Waals surface area contributed by atoms with Crippen LogP contribution in [0, 0.1) is 11.3 Å². The minimum atomic E-state index is -1.16. The molecule has 1 fully saturated rings. The minimum absolute atomic E-state index is 0.109. The van der Waals surface area contributed by atoms with E-state index in [0.29, 0.717) is 15.6 Å². The van der Waals surface area contributed by atoms with Crippen molar-refractivity contribution in [1.29, 1.82) is 5.26 Å². The first-order chi connectivity index (χ1) is 9.38. The van der Waals surface area contributed by atoms with Gasteiger partial charge in [0.15, 0.2) is 0 Å². The van der Waals surface area contributed by atoms with E-state index in [1.807, 2.05) is 6.07 Å². The summed E-state index contributed by atoms with van der Waals surface area (Å²) in [5, 5.41) is 11.6. The van der Waals surface area contributed by atoms with Crippen LogP contribution >= 0.6 is 15.9 Å². The van der Waals surface area contributed by atoms with E-state index in [4.69, 9.17) is 5.26 Å². The number of benzene rings is 1. The number of carbonyl (C=O) groups is 2. The maximum atomic E-state index is 12.5. The van der Waals surface area contributed by atoms with E-state index in [1.54, 1.807) is 31.2 Å². The molecule has 6 heteroatoms. The highest BCUT2D eigenvalue weighted by molar-refractivity contribution is 9.11. The van der Waals surface area contributed by atoms with Crippen molar-refractivity contribution in [2.45, 2.75) is 12.5 Å². The third-order valence-electron chi connectivity index (χ3n) is 3.17. The molecule has 0 spiro atoms. The minimum Gasteiger partial charge on any atom is -0.319 e. The van der Waals surface area contributed by atoms with Gasteiger partial charge in [0.2, 0.25) is 0 Å². The van der Waals surface area contributed by atoms with Gasteiger partial charge in [0, 0.05) is 4.48 Å². The average molecular weight is 334 g/mol. The predicted octanol–water partition coefficient (Wildman–Crippen LogP) is 2.23. The Labute approximate surface area is 125 Å². The zero-order chi connectivity index (χ0) is 14.9. The van der Waals surface area contributed by atoms with Gasteiger partial charge in [-0.05, 0) is 24.6 Å². The van der Waals surface area contributed by atoms with Crippen LogP contribution in [0.2, 0.25) is 0 Å². The van der Waals surface area contributed by atoms with Gasteiger partial charge in [-0.15, -0.1) is 0 Å². The number of amides is 3. The second-order valence-corrected chi connectivity index (χ2v) is 5.78.